The van der Waals surface area contributed by atoms with E-state index in [1.54, 1.807) is 30.3 Å². The van der Waals surface area contributed by atoms with Crippen molar-refractivity contribution in [1.82, 2.24) is 4.98 Å². The third kappa shape index (κ3) is 4.13. The highest BCUT2D eigenvalue weighted by Gasteiger charge is 2.38. The standard InChI is InChI=1S/C24H21ClF2N4O3/c25-16-10-15(17(26)11-18(16)27)19-8-14(31-20(23(29)33)6-7-22(31)32)9-21(30-19)24(34,12-28)13-4-2-1-3-5-13/h1-5,8-11,20,34H,6-7,12,28H2,(H2,29,33)/t20-,24+/m0/s1. The van der Waals surface area contributed by atoms with Crippen LogP contribution < -0.4 is 16.4 Å². The number of benzene rings is 2. The van der Waals surface area contributed by atoms with E-state index in [0.29, 0.717) is 11.6 Å². The Morgan fingerprint density at radius 1 is 1.18 bits per heavy atom. The van der Waals surface area contributed by atoms with Crippen molar-refractivity contribution in [2.75, 3.05) is 11.4 Å². The minimum atomic E-state index is -1.82. The van der Waals surface area contributed by atoms with Crippen LogP contribution in [0.5, 0.6) is 0 Å². The van der Waals surface area contributed by atoms with Gasteiger partial charge in [0.05, 0.1) is 16.4 Å². The van der Waals surface area contributed by atoms with E-state index in [2.05, 4.69) is 4.98 Å². The molecule has 7 nitrogen and oxygen atoms in total. The van der Waals surface area contributed by atoms with Crippen LogP contribution in [0.1, 0.15) is 24.1 Å². The Balaban J connectivity index is 1.98. The van der Waals surface area contributed by atoms with Crippen LogP contribution in [0.4, 0.5) is 14.5 Å². The summed E-state index contributed by atoms with van der Waals surface area (Å²) in [5.74, 6) is -2.99. The zero-order valence-electron chi connectivity index (χ0n) is 17.8. The van der Waals surface area contributed by atoms with Gasteiger partial charge in [-0.15, -0.1) is 0 Å². The number of halogens is 3. The molecule has 4 rings (SSSR count). The summed E-state index contributed by atoms with van der Waals surface area (Å²) in [5, 5.41) is 11.2. The molecule has 5 N–H and O–H groups in total. The second-order valence-corrected chi connectivity index (χ2v) is 8.40. The van der Waals surface area contributed by atoms with Crippen molar-refractivity contribution in [2.45, 2.75) is 24.5 Å². The Labute approximate surface area is 199 Å². The van der Waals surface area contributed by atoms with Crippen LogP contribution in [0.2, 0.25) is 5.02 Å². The fourth-order valence-electron chi connectivity index (χ4n) is 4.09. The molecule has 3 aromatic rings. The summed E-state index contributed by atoms with van der Waals surface area (Å²) in [6.07, 6.45) is 0.287. The molecular weight excluding hydrogens is 466 g/mol. The first-order chi connectivity index (χ1) is 16.2. The second-order valence-electron chi connectivity index (χ2n) is 7.99. The molecule has 2 aromatic carbocycles. The van der Waals surface area contributed by atoms with Crippen LogP contribution in [-0.2, 0) is 15.2 Å². The van der Waals surface area contributed by atoms with Gasteiger partial charge < -0.3 is 16.6 Å². The number of carbonyl (C=O) groups excluding carboxylic acids is 2. The number of nitrogens with zero attached hydrogens (tertiary/aromatic N) is 2. The van der Waals surface area contributed by atoms with Gasteiger partial charge >= 0.3 is 0 Å². The number of aromatic nitrogens is 1. The van der Waals surface area contributed by atoms with E-state index < -0.39 is 29.2 Å². The zero-order valence-corrected chi connectivity index (χ0v) is 18.6. The molecule has 2 atom stereocenters. The number of hydrogen-bond donors (Lipinski definition) is 3. The van der Waals surface area contributed by atoms with Gasteiger partial charge in [0.2, 0.25) is 11.8 Å². The van der Waals surface area contributed by atoms with Crippen LogP contribution in [0.15, 0.2) is 54.6 Å². The van der Waals surface area contributed by atoms with Crippen LogP contribution in [-0.4, -0.2) is 34.5 Å². The molecule has 0 bridgehead atoms. The van der Waals surface area contributed by atoms with Gasteiger partial charge in [-0.2, -0.15) is 0 Å². The Morgan fingerprint density at radius 2 is 1.88 bits per heavy atom. The van der Waals surface area contributed by atoms with Gasteiger partial charge in [0.25, 0.3) is 0 Å². The molecule has 0 radical (unpaired) electrons. The quantitative estimate of drug-likeness (QED) is 0.462. The fraction of sp³-hybridized carbons (Fsp3) is 0.208. The van der Waals surface area contributed by atoms with E-state index >= 15 is 0 Å². The molecule has 1 aromatic heterocycles. The highest BCUT2D eigenvalue weighted by atomic mass is 35.5. The predicted molar refractivity (Wildman–Crippen MR) is 123 cm³/mol. The molecule has 0 aliphatic carbocycles. The van der Waals surface area contributed by atoms with Gasteiger partial charge in [-0.1, -0.05) is 41.9 Å². The predicted octanol–water partition coefficient (Wildman–Crippen LogP) is 2.86. The number of pyridine rings is 1. The molecule has 34 heavy (non-hydrogen) atoms. The average molecular weight is 487 g/mol. The van der Waals surface area contributed by atoms with E-state index in [9.17, 15) is 23.5 Å². The largest absolute Gasteiger partial charge is 0.377 e. The maximum absolute atomic E-state index is 14.8. The van der Waals surface area contributed by atoms with Gasteiger partial charge in [0.15, 0.2) is 0 Å². The minimum absolute atomic E-state index is 0.00327. The maximum Gasteiger partial charge on any atom is 0.240 e. The van der Waals surface area contributed by atoms with E-state index in [1.165, 1.54) is 17.0 Å². The highest BCUT2D eigenvalue weighted by Crippen LogP contribution is 2.37. The summed E-state index contributed by atoms with van der Waals surface area (Å²) < 4.78 is 28.5. The second kappa shape index (κ2) is 9.09. The topological polar surface area (TPSA) is 123 Å². The molecular formula is C24H21ClF2N4O3. The van der Waals surface area contributed by atoms with E-state index in [-0.39, 0.29) is 53.0 Å². The molecule has 1 aliphatic rings. The minimum Gasteiger partial charge on any atom is -0.377 e. The first-order valence-electron chi connectivity index (χ1n) is 10.4. The lowest BCUT2D eigenvalue weighted by Gasteiger charge is -2.30. The monoisotopic (exact) mass is 486 g/mol. The Morgan fingerprint density at radius 3 is 2.53 bits per heavy atom. The molecule has 10 heteroatoms. The lowest BCUT2D eigenvalue weighted by Crippen LogP contribution is -2.43. The number of anilines is 1. The van der Waals surface area contributed by atoms with Crippen molar-refractivity contribution in [1.29, 1.82) is 0 Å². The molecule has 2 amide bonds. The lowest BCUT2D eigenvalue weighted by atomic mass is 9.89. The Hall–Kier alpha value is -3.40. The molecule has 1 fully saturated rings. The van der Waals surface area contributed by atoms with E-state index in [0.717, 1.165) is 6.07 Å². The lowest BCUT2D eigenvalue weighted by molar-refractivity contribution is -0.121. The summed E-state index contributed by atoms with van der Waals surface area (Å²) in [6.45, 7) is -0.299. The van der Waals surface area contributed by atoms with Gasteiger partial charge in [-0.05, 0) is 30.2 Å². The molecule has 0 unspecified atom stereocenters. The molecule has 0 spiro atoms. The molecule has 0 saturated carbocycles. The summed E-state index contributed by atoms with van der Waals surface area (Å²) in [4.78, 5) is 30.3. The summed E-state index contributed by atoms with van der Waals surface area (Å²) in [7, 11) is 0. The van der Waals surface area contributed by atoms with Crippen molar-refractivity contribution in [3.63, 3.8) is 0 Å². The van der Waals surface area contributed by atoms with Crippen LogP contribution >= 0.6 is 11.6 Å². The van der Waals surface area contributed by atoms with Crippen molar-refractivity contribution in [3.8, 4) is 11.3 Å². The van der Waals surface area contributed by atoms with Gasteiger partial charge in [0, 0.05) is 30.3 Å². The number of primary amides is 1. The van der Waals surface area contributed by atoms with Gasteiger partial charge in [0.1, 0.15) is 23.3 Å². The highest BCUT2D eigenvalue weighted by molar-refractivity contribution is 6.31. The van der Waals surface area contributed by atoms with E-state index in [1.807, 2.05) is 0 Å². The summed E-state index contributed by atoms with van der Waals surface area (Å²) in [6, 6.07) is 12.0. The van der Waals surface area contributed by atoms with E-state index in [4.69, 9.17) is 23.1 Å². The average Bonchev–Trinajstić information content (AvgIpc) is 3.23. The number of carbonyl (C=O) groups is 2. The zero-order chi connectivity index (χ0) is 24.6. The normalized spacial score (nSPS) is 17.6. The third-order valence-electron chi connectivity index (χ3n) is 5.89. The molecule has 1 aliphatic heterocycles. The first-order valence-corrected chi connectivity index (χ1v) is 10.8. The third-order valence-corrected chi connectivity index (χ3v) is 6.17. The van der Waals surface area contributed by atoms with Gasteiger partial charge in [-0.3, -0.25) is 14.5 Å². The molecule has 2 heterocycles. The van der Waals surface area contributed by atoms with Crippen LogP contribution in [0, 0.1) is 11.6 Å². The number of aliphatic hydroxyl groups is 1. The maximum atomic E-state index is 14.8. The van der Waals surface area contributed by atoms with Crippen molar-refractivity contribution >= 4 is 29.1 Å². The first kappa shape index (κ1) is 23.7. The van der Waals surface area contributed by atoms with Crippen molar-refractivity contribution in [2.24, 2.45) is 11.5 Å². The van der Waals surface area contributed by atoms with Crippen LogP contribution in [0.3, 0.4) is 0 Å². The summed E-state index contributed by atoms with van der Waals surface area (Å²) in [5.41, 5.74) is 9.99. The number of hydrogen-bond acceptors (Lipinski definition) is 5. The van der Waals surface area contributed by atoms with Crippen LogP contribution in [0.25, 0.3) is 11.3 Å². The number of amides is 2. The Kier molecular flexibility index (Phi) is 6.35. The van der Waals surface area contributed by atoms with Crippen molar-refractivity contribution < 1.29 is 23.5 Å². The fourth-order valence-corrected chi connectivity index (χ4v) is 4.25. The SMILES string of the molecule is NC[C@@](O)(c1ccccc1)c1cc(N2C(=O)CC[C@H]2C(N)=O)cc(-c2cc(Cl)c(F)cc2F)n1. The van der Waals surface area contributed by atoms with Gasteiger partial charge in [-0.25, -0.2) is 13.8 Å². The number of nitrogens with two attached hydrogens (primary N) is 2. The van der Waals surface area contributed by atoms with Crippen molar-refractivity contribution in [3.05, 3.63) is 82.5 Å². The smallest absolute Gasteiger partial charge is 0.240 e. The molecule has 176 valence electrons. The number of rotatable bonds is 6. The summed E-state index contributed by atoms with van der Waals surface area (Å²) >= 11 is 5.88. The molecule has 1 saturated heterocycles. The Bertz CT molecular complexity index is 1270.